The molecule has 1 heterocycles. The second-order valence-electron chi connectivity index (χ2n) is 4.76. The third-order valence-corrected chi connectivity index (χ3v) is 4.09. The van der Waals surface area contributed by atoms with Crippen LogP contribution in [0.1, 0.15) is 25.6 Å². The molecule has 0 saturated carbocycles. The Hall–Kier alpha value is -1.82. The molecule has 0 radical (unpaired) electrons. The summed E-state index contributed by atoms with van der Waals surface area (Å²) in [7, 11) is 1.95. The Balaban J connectivity index is 1.85. The van der Waals surface area contributed by atoms with Gasteiger partial charge < -0.3 is 9.88 Å². The number of anilines is 1. The highest BCUT2D eigenvalue weighted by Gasteiger charge is 2.11. The summed E-state index contributed by atoms with van der Waals surface area (Å²) in [5.41, 5.74) is 0.810. The summed E-state index contributed by atoms with van der Waals surface area (Å²) < 4.78 is 1.97. The van der Waals surface area contributed by atoms with Crippen molar-refractivity contribution < 1.29 is 4.79 Å². The lowest BCUT2D eigenvalue weighted by Crippen LogP contribution is -2.14. The topological polar surface area (TPSA) is 59.8 Å². The number of aromatic nitrogens is 3. The number of hydrogen-bond acceptors (Lipinski definition) is 4. The Morgan fingerprint density at radius 2 is 2.05 bits per heavy atom. The Morgan fingerprint density at radius 1 is 1.29 bits per heavy atom. The van der Waals surface area contributed by atoms with Crippen LogP contribution in [0.15, 0.2) is 35.5 Å². The lowest BCUT2D eigenvalue weighted by Gasteiger charge is -2.05. The van der Waals surface area contributed by atoms with Crippen LogP contribution in [0.25, 0.3) is 0 Å². The molecule has 0 bridgehead atoms. The number of para-hydroxylation sites is 1. The monoisotopic (exact) mass is 304 g/mol. The molecular formula is C15H20N4OS. The maximum atomic E-state index is 11.9. The fourth-order valence-corrected chi connectivity index (χ4v) is 2.60. The zero-order chi connectivity index (χ0) is 15.1. The van der Waals surface area contributed by atoms with E-state index >= 15 is 0 Å². The highest BCUT2D eigenvalue weighted by atomic mass is 32.2. The van der Waals surface area contributed by atoms with E-state index in [0.717, 1.165) is 35.9 Å². The first-order valence-electron chi connectivity index (χ1n) is 7.06. The van der Waals surface area contributed by atoms with Crippen LogP contribution < -0.4 is 5.32 Å². The molecule has 0 aliphatic carbocycles. The highest BCUT2D eigenvalue weighted by Crippen LogP contribution is 2.17. The van der Waals surface area contributed by atoms with Crippen LogP contribution in [0.4, 0.5) is 5.69 Å². The van der Waals surface area contributed by atoms with Gasteiger partial charge in [0.2, 0.25) is 5.91 Å². The summed E-state index contributed by atoms with van der Waals surface area (Å²) >= 11 is 1.41. The van der Waals surface area contributed by atoms with Gasteiger partial charge in [0.1, 0.15) is 5.82 Å². The first-order valence-corrected chi connectivity index (χ1v) is 8.05. The van der Waals surface area contributed by atoms with E-state index in [2.05, 4.69) is 22.4 Å². The Kier molecular flexibility index (Phi) is 5.80. The molecule has 0 unspecified atom stereocenters. The van der Waals surface area contributed by atoms with Gasteiger partial charge in [-0.3, -0.25) is 4.79 Å². The predicted molar refractivity (Wildman–Crippen MR) is 85.4 cm³/mol. The van der Waals surface area contributed by atoms with E-state index in [0.29, 0.717) is 5.75 Å². The van der Waals surface area contributed by atoms with Crippen molar-refractivity contribution in [3.63, 3.8) is 0 Å². The van der Waals surface area contributed by atoms with Gasteiger partial charge in [-0.15, -0.1) is 10.2 Å². The number of unbranched alkanes of at least 4 members (excludes halogenated alkanes) is 1. The van der Waals surface area contributed by atoms with Crippen molar-refractivity contribution in [3.05, 3.63) is 36.2 Å². The van der Waals surface area contributed by atoms with Crippen LogP contribution in [0.2, 0.25) is 0 Å². The summed E-state index contributed by atoms with van der Waals surface area (Å²) in [5.74, 6) is 1.27. The van der Waals surface area contributed by atoms with Gasteiger partial charge in [-0.25, -0.2) is 0 Å². The fourth-order valence-electron chi connectivity index (χ4n) is 1.87. The number of hydrogen-bond donors (Lipinski definition) is 1. The minimum atomic E-state index is -0.0377. The van der Waals surface area contributed by atoms with Gasteiger partial charge in [-0.1, -0.05) is 43.3 Å². The molecule has 2 rings (SSSR count). The molecule has 6 heteroatoms. The SMILES string of the molecule is CCCCc1nnc(SCC(=O)Nc2ccccc2)n1C. The van der Waals surface area contributed by atoms with E-state index in [-0.39, 0.29) is 5.91 Å². The minimum Gasteiger partial charge on any atom is -0.325 e. The van der Waals surface area contributed by atoms with E-state index in [9.17, 15) is 4.79 Å². The Morgan fingerprint density at radius 3 is 2.76 bits per heavy atom. The van der Waals surface area contributed by atoms with Crippen molar-refractivity contribution in [2.75, 3.05) is 11.1 Å². The number of carbonyl (C=O) groups excluding carboxylic acids is 1. The van der Waals surface area contributed by atoms with Crippen molar-refractivity contribution >= 4 is 23.4 Å². The quantitative estimate of drug-likeness (QED) is 0.799. The number of rotatable bonds is 7. The molecule has 0 fully saturated rings. The van der Waals surface area contributed by atoms with Crippen LogP contribution in [-0.4, -0.2) is 26.4 Å². The minimum absolute atomic E-state index is 0.0377. The molecule has 0 aliphatic heterocycles. The number of carbonyl (C=O) groups is 1. The van der Waals surface area contributed by atoms with E-state index in [1.807, 2.05) is 41.9 Å². The Labute approximate surface area is 129 Å². The Bertz CT molecular complexity index is 583. The largest absolute Gasteiger partial charge is 0.325 e. The third-order valence-electron chi connectivity index (χ3n) is 3.07. The number of benzene rings is 1. The van der Waals surface area contributed by atoms with Gasteiger partial charge in [0, 0.05) is 19.2 Å². The van der Waals surface area contributed by atoms with Crippen LogP contribution in [0, 0.1) is 0 Å². The first-order chi connectivity index (χ1) is 10.2. The molecular weight excluding hydrogens is 284 g/mol. The smallest absolute Gasteiger partial charge is 0.234 e. The van der Waals surface area contributed by atoms with Gasteiger partial charge in [0.15, 0.2) is 5.16 Å². The van der Waals surface area contributed by atoms with E-state index in [1.165, 1.54) is 11.8 Å². The van der Waals surface area contributed by atoms with Gasteiger partial charge >= 0.3 is 0 Å². The summed E-state index contributed by atoms with van der Waals surface area (Å²) in [6.45, 7) is 2.15. The normalized spacial score (nSPS) is 10.6. The van der Waals surface area contributed by atoms with E-state index < -0.39 is 0 Å². The van der Waals surface area contributed by atoms with Gasteiger partial charge in [-0.2, -0.15) is 0 Å². The van der Waals surface area contributed by atoms with Crippen LogP contribution in [0.5, 0.6) is 0 Å². The van der Waals surface area contributed by atoms with E-state index in [4.69, 9.17) is 0 Å². The fraction of sp³-hybridized carbons (Fsp3) is 0.400. The molecule has 1 amide bonds. The highest BCUT2D eigenvalue weighted by molar-refractivity contribution is 7.99. The van der Waals surface area contributed by atoms with Crippen LogP contribution in [-0.2, 0) is 18.3 Å². The second kappa shape index (κ2) is 7.83. The average Bonchev–Trinajstić information content (AvgIpc) is 2.84. The zero-order valence-electron chi connectivity index (χ0n) is 12.4. The summed E-state index contributed by atoms with van der Waals surface area (Å²) in [6.07, 6.45) is 3.16. The summed E-state index contributed by atoms with van der Waals surface area (Å²) in [6, 6.07) is 9.44. The molecule has 21 heavy (non-hydrogen) atoms. The van der Waals surface area contributed by atoms with Crippen molar-refractivity contribution in [1.29, 1.82) is 0 Å². The average molecular weight is 304 g/mol. The first kappa shape index (κ1) is 15.6. The molecule has 2 aromatic rings. The second-order valence-corrected chi connectivity index (χ2v) is 5.71. The lowest BCUT2D eigenvalue weighted by atomic mass is 10.2. The van der Waals surface area contributed by atoms with Gasteiger partial charge in [-0.05, 0) is 18.6 Å². The number of aryl methyl sites for hydroxylation is 1. The molecule has 0 aliphatic rings. The lowest BCUT2D eigenvalue weighted by molar-refractivity contribution is -0.113. The number of nitrogens with one attached hydrogen (secondary N) is 1. The van der Waals surface area contributed by atoms with Crippen molar-refractivity contribution in [2.45, 2.75) is 31.3 Å². The number of nitrogens with zero attached hydrogens (tertiary/aromatic N) is 3. The molecule has 112 valence electrons. The molecule has 0 atom stereocenters. The molecule has 1 aromatic carbocycles. The molecule has 0 saturated heterocycles. The summed E-state index contributed by atoms with van der Waals surface area (Å²) in [4.78, 5) is 11.9. The molecule has 1 aromatic heterocycles. The number of amides is 1. The number of thioether (sulfide) groups is 1. The van der Waals surface area contributed by atoms with Gasteiger partial charge in [0.25, 0.3) is 0 Å². The van der Waals surface area contributed by atoms with Gasteiger partial charge in [0.05, 0.1) is 5.75 Å². The zero-order valence-corrected chi connectivity index (χ0v) is 13.2. The standard InChI is InChI=1S/C15H20N4OS/c1-3-4-10-13-17-18-15(19(13)2)21-11-14(20)16-12-8-6-5-7-9-12/h5-9H,3-4,10-11H2,1-2H3,(H,16,20). The predicted octanol–water partition coefficient (Wildman–Crippen LogP) is 2.89. The van der Waals surface area contributed by atoms with Crippen molar-refractivity contribution in [2.24, 2.45) is 7.05 Å². The molecule has 5 nitrogen and oxygen atoms in total. The third kappa shape index (κ3) is 4.60. The van der Waals surface area contributed by atoms with Crippen molar-refractivity contribution in [1.82, 2.24) is 14.8 Å². The van der Waals surface area contributed by atoms with Crippen LogP contribution >= 0.6 is 11.8 Å². The molecule has 0 spiro atoms. The van der Waals surface area contributed by atoms with Crippen molar-refractivity contribution in [3.8, 4) is 0 Å². The van der Waals surface area contributed by atoms with Crippen LogP contribution in [0.3, 0.4) is 0 Å². The van der Waals surface area contributed by atoms with E-state index in [1.54, 1.807) is 0 Å². The molecule has 1 N–H and O–H groups in total. The maximum absolute atomic E-state index is 11.9. The maximum Gasteiger partial charge on any atom is 0.234 e. The summed E-state index contributed by atoms with van der Waals surface area (Å²) in [5, 5.41) is 12.0.